The molecule has 96 valence electrons. The summed E-state index contributed by atoms with van der Waals surface area (Å²) in [6.45, 7) is 8.03. The fraction of sp³-hybridized carbons (Fsp3) is 1.00. The van der Waals surface area contributed by atoms with Gasteiger partial charge in [-0.2, -0.15) is 0 Å². The van der Waals surface area contributed by atoms with Gasteiger partial charge in [0.15, 0.2) is 0 Å². The first kappa shape index (κ1) is 14.0. The molecule has 1 aliphatic carbocycles. The largest absolute Gasteiger partial charge is 0.315 e. The van der Waals surface area contributed by atoms with Gasteiger partial charge in [0.25, 0.3) is 0 Å². The van der Waals surface area contributed by atoms with Crippen LogP contribution in [-0.4, -0.2) is 37.6 Å². The van der Waals surface area contributed by atoms with Crippen molar-refractivity contribution >= 4 is 0 Å². The molecule has 0 bridgehead atoms. The van der Waals surface area contributed by atoms with Gasteiger partial charge in [0.05, 0.1) is 0 Å². The van der Waals surface area contributed by atoms with E-state index in [2.05, 4.69) is 31.1 Å². The molecule has 1 aliphatic rings. The van der Waals surface area contributed by atoms with Gasteiger partial charge in [-0.1, -0.05) is 39.5 Å². The molecular weight excluding hydrogens is 196 g/mol. The molecule has 0 amide bonds. The molecule has 0 radical (unpaired) electrons. The predicted molar refractivity (Wildman–Crippen MR) is 71.8 cm³/mol. The van der Waals surface area contributed by atoms with Gasteiger partial charge in [0.2, 0.25) is 0 Å². The highest BCUT2D eigenvalue weighted by Gasteiger charge is 2.15. The summed E-state index contributed by atoms with van der Waals surface area (Å²) in [5, 5.41) is 3.53. The minimum atomic E-state index is 0.767. The number of likely N-dealkylation sites (N-methyl/N-ethyl adjacent to an activating group) is 1. The number of nitrogens with zero attached hydrogens (tertiary/aromatic N) is 1. The van der Waals surface area contributed by atoms with Crippen LogP contribution < -0.4 is 5.32 Å². The van der Waals surface area contributed by atoms with Crippen LogP contribution in [0.4, 0.5) is 0 Å². The Kier molecular flexibility index (Phi) is 7.06. The average molecular weight is 226 g/mol. The third kappa shape index (κ3) is 5.86. The number of hydrogen-bond donors (Lipinski definition) is 1. The average Bonchev–Trinajstić information content (AvgIpc) is 2.52. The van der Waals surface area contributed by atoms with Crippen LogP contribution in [-0.2, 0) is 0 Å². The van der Waals surface area contributed by atoms with Gasteiger partial charge in [-0.25, -0.2) is 0 Å². The van der Waals surface area contributed by atoms with E-state index in [0.717, 1.165) is 25.0 Å². The molecule has 2 nitrogen and oxygen atoms in total. The van der Waals surface area contributed by atoms with Crippen LogP contribution in [0.3, 0.4) is 0 Å². The maximum atomic E-state index is 3.53. The summed E-state index contributed by atoms with van der Waals surface area (Å²) in [7, 11) is 2.30. The fourth-order valence-corrected chi connectivity index (χ4v) is 2.53. The van der Waals surface area contributed by atoms with E-state index >= 15 is 0 Å². The molecule has 0 heterocycles. The molecule has 0 aromatic heterocycles. The standard InChI is InChI=1S/C14H30N2/c1-13(2)12-15-10-11-16(3)14-8-6-4-5-7-9-14/h13-15H,4-12H2,1-3H3. The lowest BCUT2D eigenvalue weighted by atomic mass is 10.1. The van der Waals surface area contributed by atoms with Crippen molar-refractivity contribution in [3.8, 4) is 0 Å². The fourth-order valence-electron chi connectivity index (χ4n) is 2.53. The van der Waals surface area contributed by atoms with Crippen LogP contribution in [0.2, 0.25) is 0 Å². The van der Waals surface area contributed by atoms with Crippen molar-refractivity contribution in [3.63, 3.8) is 0 Å². The summed E-state index contributed by atoms with van der Waals surface area (Å²) < 4.78 is 0. The maximum absolute atomic E-state index is 3.53. The van der Waals surface area contributed by atoms with Crippen molar-refractivity contribution in [1.82, 2.24) is 10.2 Å². The highest BCUT2D eigenvalue weighted by atomic mass is 15.1. The van der Waals surface area contributed by atoms with Crippen LogP contribution in [0, 0.1) is 5.92 Å². The smallest absolute Gasteiger partial charge is 0.0107 e. The summed E-state index contributed by atoms with van der Waals surface area (Å²) in [4.78, 5) is 2.57. The Morgan fingerprint density at radius 2 is 1.75 bits per heavy atom. The molecule has 0 saturated heterocycles. The van der Waals surface area contributed by atoms with Crippen LogP contribution >= 0.6 is 0 Å². The molecule has 1 saturated carbocycles. The van der Waals surface area contributed by atoms with Gasteiger partial charge in [-0.3, -0.25) is 0 Å². The molecular formula is C14H30N2. The Morgan fingerprint density at radius 1 is 1.12 bits per heavy atom. The van der Waals surface area contributed by atoms with E-state index in [1.165, 1.54) is 45.1 Å². The van der Waals surface area contributed by atoms with E-state index in [9.17, 15) is 0 Å². The third-order valence-electron chi connectivity index (χ3n) is 3.64. The zero-order valence-corrected chi connectivity index (χ0v) is 11.5. The van der Waals surface area contributed by atoms with Crippen LogP contribution in [0.15, 0.2) is 0 Å². The van der Waals surface area contributed by atoms with Gasteiger partial charge in [0, 0.05) is 19.1 Å². The van der Waals surface area contributed by atoms with Gasteiger partial charge < -0.3 is 10.2 Å². The first-order valence-corrected chi connectivity index (χ1v) is 7.11. The van der Waals surface area contributed by atoms with E-state index < -0.39 is 0 Å². The van der Waals surface area contributed by atoms with Crippen LogP contribution in [0.25, 0.3) is 0 Å². The molecule has 2 heteroatoms. The van der Waals surface area contributed by atoms with Crippen LogP contribution in [0.5, 0.6) is 0 Å². The zero-order valence-electron chi connectivity index (χ0n) is 11.5. The highest BCUT2D eigenvalue weighted by molar-refractivity contribution is 4.72. The van der Waals surface area contributed by atoms with Crippen molar-refractivity contribution in [1.29, 1.82) is 0 Å². The van der Waals surface area contributed by atoms with Gasteiger partial charge >= 0.3 is 0 Å². The van der Waals surface area contributed by atoms with Crippen molar-refractivity contribution in [3.05, 3.63) is 0 Å². The van der Waals surface area contributed by atoms with E-state index in [1.807, 2.05) is 0 Å². The Balaban J connectivity index is 2.10. The molecule has 0 aromatic rings. The minimum absolute atomic E-state index is 0.767. The predicted octanol–water partition coefficient (Wildman–Crippen LogP) is 2.89. The Hall–Kier alpha value is -0.0800. The molecule has 16 heavy (non-hydrogen) atoms. The van der Waals surface area contributed by atoms with E-state index in [0.29, 0.717) is 0 Å². The molecule has 1 N–H and O–H groups in total. The molecule has 0 aliphatic heterocycles. The molecule has 0 unspecified atom stereocenters. The highest BCUT2D eigenvalue weighted by Crippen LogP contribution is 2.20. The first-order chi connectivity index (χ1) is 7.70. The number of rotatable bonds is 6. The summed E-state index contributed by atoms with van der Waals surface area (Å²) in [6, 6.07) is 0.850. The topological polar surface area (TPSA) is 15.3 Å². The SMILES string of the molecule is CC(C)CNCCN(C)C1CCCCCC1. The summed E-state index contributed by atoms with van der Waals surface area (Å²) in [5.74, 6) is 0.767. The van der Waals surface area contributed by atoms with E-state index in [4.69, 9.17) is 0 Å². The quantitative estimate of drug-likeness (QED) is 0.553. The van der Waals surface area contributed by atoms with Crippen LogP contribution in [0.1, 0.15) is 52.4 Å². The van der Waals surface area contributed by atoms with Crippen molar-refractivity contribution < 1.29 is 0 Å². The van der Waals surface area contributed by atoms with E-state index in [-0.39, 0.29) is 0 Å². The first-order valence-electron chi connectivity index (χ1n) is 7.11. The Bertz CT molecular complexity index is 160. The minimum Gasteiger partial charge on any atom is -0.315 e. The summed E-state index contributed by atoms with van der Waals surface area (Å²) >= 11 is 0. The Labute approximate surface area is 102 Å². The third-order valence-corrected chi connectivity index (χ3v) is 3.64. The number of nitrogens with one attached hydrogen (secondary N) is 1. The normalized spacial score (nSPS) is 19.3. The second-order valence-electron chi connectivity index (χ2n) is 5.72. The molecule has 0 aromatic carbocycles. The van der Waals surface area contributed by atoms with E-state index in [1.54, 1.807) is 0 Å². The van der Waals surface area contributed by atoms with Gasteiger partial charge in [-0.05, 0) is 32.4 Å². The zero-order chi connectivity index (χ0) is 11.8. The lowest BCUT2D eigenvalue weighted by molar-refractivity contribution is 0.220. The second-order valence-corrected chi connectivity index (χ2v) is 5.72. The maximum Gasteiger partial charge on any atom is 0.0107 e. The molecule has 0 spiro atoms. The van der Waals surface area contributed by atoms with Gasteiger partial charge in [0.1, 0.15) is 0 Å². The second kappa shape index (κ2) is 8.08. The molecule has 0 atom stereocenters. The van der Waals surface area contributed by atoms with Crippen molar-refractivity contribution in [2.45, 2.75) is 58.4 Å². The van der Waals surface area contributed by atoms with Crippen molar-refractivity contribution in [2.75, 3.05) is 26.7 Å². The summed E-state index contributed by atoms with van der Waals surface area (Å²) in [6.07, 6.45) is 8.62. The van der Waals surface area contributed by atoms with Crippen molar-refractivity contribution in [2.24, 2.45) is 5.92 Å². The monoisotopic (exact) mass is 226 g/mol. The van der Waals surface area contributed by atoms with Gasteiger partial charge in [-0.15, -0.1) is 0 Å². The lowest BCUT2D eigenvalue weighted by Crippen LogP contribution is -2.37. The Morgan fingerprint density at radius 3 is 2.31 bits per heavy atom. The number of hydrogen-bond acceptors (Lipinski definition) is 2. The lowest BCUT2D eigenvalue weighted by Gasteiger charge is -2.27. The molecule has 1 fully saturated rings. The molecule has 1 rings (SSSR count). The summed E-state index contributed by atoms with van der Waals surface area (Å²) in [5.41, 5.74) is 0.